The molecule has 0 aliphatic carbocycles. The molecule has 1 N–H and O–H groups in total. The monoisotopic (exact) mass is 331 g/mol. The lowest BCUT2D eigenvalue weighted by Gasteiger charge is -2.31. The van der Waals surface area contributed by atoms with Crippen molar-refractivity contribution >= 4 is 16.8 Å². The molecule has 24 heavy (non-hydrogen) atoms. The molecule has 0 radical (unpaired) electrons. The van der Waals surface area contributed by atoms with Crippen LogP contribution < -0.4 is 11.2 Å². The van der Waals surface area contributed by atoms with Crippen LogP contribution in [0.1, 0.15) is 37.2 Å². The van der Waals surface area contributed by atoms with Gasteiger partial charge in [0.25, 0.3) is 11.5 Å². The number of morpholine rings is 1. The molecule has 2 aromatic rings. The van der Waals surface area contributed by atoms with Gasteiger partial charge in [0.15, 0.2) is 0 Å². The van der Waals surface area contributed by atoms with E-state index in [-0.39, 0.29) is 23.6 Å². The Kier molecular flexibility index (Phi) is 4.28. The minimum atomic E-state index is -0.466. The number of hydrogen-bond acceptors (Lipinski definition) is 4. The summed E-state index contributed by atoms with van der Waals surface area (Å²) in [6, 6.07) is 4.58. The summed E-state index contributed by atoms with van der Waals surface area (Å²) in [5.74, 6) is -0.124. The van der Waals surface area contributed by atoms with E-state index >= 15 is 0 Å². The normalized spacial score (nSPS) is 18.3. The first kappa shape index (κ1) is 16.4. The van der Waals surface area contributed by atoms with E-state index in [0.717, 1.165) is 0 Å². The second-order valence-corrected chi connectivity index (χ2v) is 6.39. The molecule has 2 heterocycles. The van der Waals surface area contributed by atoms with Crippen LogP contribution in [0, 0.1) is 0 Å². The number of benzene rings is 1. The van der Waals surface area contributed by atoms with Gasteiger partial charge in [-0.25, -0.2) is 4.79 Å². The van der Waals surface area contributed by atoms with Gasteiger partial charge in [-0.2, -0.15) is 0 Å². The molecule has 7 heteroatoms. The van der Waals surface area contributed by atoms with Gasteiger partial charge in [0, 0.05) is 24.7 Å². The van der Waals surface area contributed by atoms with Crippen LogP contribution >= 0.6 is 0 Å². The summed E-state index contributed by atoms with van der Waals surface area (Å²) in [6.45, 7) is 7.05. The Balaban J connectivity index is 2.03. The molecule has 7 nitrogen and oxygen atoms in total. The number of carbonyl (C=O) groups excluding carboxylic acids is 1. The third-order valence-corrected chi connectivity index (χ3v) is 4.22. The third kappa shape index (κ3) is 2.87. The van der Waals surface area contributed by atoms with Gasteiger partial charge < -0.3 is 14.6 Å². The molecule has 0 unspecified atom stereocenters. The summed E-state index contributed by atoms with van der Waals surface area (Å²) < 4.78 is 6.62. The second-order valence-electron chi connectivity index (χ2n) is 6.39. The second kappa shape index (κ2) is 6.24. The molecule has 1 aliphatic rings. The van der Waals surface area contributed by atoms with Gasteiger partial charge in [-0.1, -0.05) is 0 Å². The Morgan fingerprint density at radius 3 is 2.75 bits per heavy atom. The highest BCUT2D eigenvalue weighted by Crippen LogP contribution is 2.14. The Labute approximate surface area is 138 Å². The van der Waals surface area contributed by atoms with Crippen LogP contribution in [0.25, 0.3) is 10.9 Å². The maximum Gasteiger partial charge on any atom is 0.329 e. The van der Waals surface area contributed by atoms with Gasteiger partial charge in [0.05, 0.1) is 23.6 Å². The summed E-state index contributed by atoms with van der Waals surface area (Å²) >= 11 is 0. The van der Waals surface area contributed by atoms with Crippen LogP contribution in [0.3, 0.4) is 0 Å². The van der Waals surface area contributed by atoms with Crippen molar-refractivity contribution < 1.29 is 9.53 Å². The van der Waals surface area contributed by atoms with Crippen LogP contribution in [-0.4, -0.2) is 46.2 Å². The Morgan fingerprint density at radius 1 is 1.33 bits per heavy atom. The van der Waals surface area contributed by atoms with Gasteiger partial charge in [0.1, 0.15) is 0 Å². The highest BCUT2D eigenvalue weighted by atomic mass is 16.5. The highest BCUT2D eigenvalue weighted by molar-refractivity contribution is 5.97. The van der Waals surface area contributed by atoms with E-state index in [0.29, 0.717) is 36.2 Å². The van der Waals surface area contributed by atoms with E-state index in [4.69, 9.17) is 4.74 Å². The highest BCUT2D eigenvalue weighted by Gasteiger charge is 2.23. The molecule has 0 saturated carbocycles. The van der Waals surface area contributed by atoms with Crippen molar-refractivity contribution in [3.8, 4) is 0 Å². The lowest BCUT2D eigenvalue weighted by atomic mass is 10.1. The fourth-order valence-electron chi connectivity index (χ4n) is 3.02. The van der Waals surface area contributed by atoms with Crippen molar-refractivity contribution in [1.82, 2.24) is 14.5 Å². The summed E-state index contributed by atoms with van der Waals surface area (Å²) in [5, 5.41) is 0.398. The van der Waals surface area contributed by atoms with E-state index in [1.807, 2.05) is 6.92 Å². The van der Waals surface area contributed by atoms with E-state index in [1.165, 1.54) is 4.57 Å². The van der Waals surface area contributed by atoms with E-state index in [1.54, 1.807) is 36.9 Å². The quantitative estimate of drug-likeness (QED) is 0.894. The van der Waals surface area contributed by atoms with Crippen molar-refractivity contribution in [2.45, 2.75) is 32.9 Å². The summed E-state index contributed by atoms with van der Waals surface area (Å²) in [5.41, 5.74) is 0.0258. The molecule has 1 atom stereocenters. The molecular weight excluding hydrogens is 310 g/mol. The van der Waals surface area contributed by atoms with Crippen molar-refractivity contribution in [3.63, 3.8) is 0 Å². The topological polar surface area (TPSA) is 84.4 Å². The van der Waals surface area contributed by atoms with Gasteiger partial charge in [-0.3, -0.25) is 14.2 Å². The number of rotatable bonds is 2. The Bertz CT molecular complexity index is 897. The number of fused-ring (bicyclic) bond motifs is 1. The average Bonchev–Trinajstić information content (AvgIpc) is 2.53. The summed E-state index contributed by atoms with van der Waals surface area (Å²) in [4.78, 5) is 41.6. The van der Waals surface area contributed by atoms with Crippen LogP contribution in [0.15, 0.2) is 27.8 Å². The van der Waals surface area contributed by atoms with Gasteiger partial charge >= 0.3 is 5.69 Å². The molecule has 3 rings (SSSR count). The van der Waals surface area contributed by atoms with Gasteiger partial charge in [-0.15, -0.1) is 0 Å². The standard InChI is InChI=1S/C17H21N3O4/c1-10(2)20-16(22)13-5-4-12(8-14(13)18-17(20)23)15(21)19-6-7-24-11(3)9-19/h4-5,8,10-11H,6-7,9H2,1-3H3,(H,18,23)/t11-/m0/s1. The van der Waals surface area contributed by atoms with Crippen molar-refractivity contribution in [2.75, 3.05) is 19.7 Å². The molecule has 0 bridgehead atoms. The summed E-state index contributed by atoms with van der Waals surface area (Å²) in [7, 11) is 0. The molecular formula is C17H21N3O4. The van der Waals surface area contributed by atoms with Crippen LogP contribution in [0.4, 0.5) is 0 Å². The molecule has 1 saturated heterocycles. The van der Waals surface area contributed by atoms with Crippen LogP contribution in [0.5, 0.6) is 0 Å². The maximum absolute atomic E-state index is 12.6. The number of ether oxygens (including phenoxy) is 1. The van der Waals surface area contributed by atoms with E-state index < -0.39 is 5.69 Å². The SMILES string of the molecule is CC(C)n1c(=O)[nH]c2cc(C(=O)N3CCO[C@@H](C)C3)ccc2c1=O. The zero-order valence-electron chi connectivity index (χ0n) is 14.0. The number of nitrogens with one attached hydrogen (secondary N) is 1. The zero-order chi connectivity index (χ0) is 17.4. The molecule has 1 aliphatic heterocycles. The molecule has 1 amide bonds. The fraction of sp³-hybridized carbons (Fsp3) is 0.471. The summed E-state index contributed by atoms with van der Waals surface area (Å²) in [6.07, 6.45) is 0.00112. The largest absolute Gasteiger partial charge is 0.375 e. The number of aromatic nitrogens is 2. The van der Waals surface area contributed by atoms with Gasteiger partial charge in [0.2, 0.25) is 0 Å². The predicted octanol–water partition coefficient (Wildman–Crippen LogP) is 1.13. The van der Waals surface area contributed by atoms with Crippen LogP contribution in [-0.2, 0) is 4.74 Å². The number of carbonyl (C=O) groups is 1. The zero-order valence-corrected chi connectivity index (χ0v) is 14.0. The molecule has 0 spiro atoms. The first-order chi connectivity index (χ1) is 11.4. The third-order valence-electron chi connectivity index (χ3n) is 4.22. The number of amides is 1. The maximum atomic E-state index is 12.6. The predicted molar refractivity (Wildman–Crippen MR) is 90.5 cm³/mol. The number of hydrogen-bond donors (Lipinski definition) is 1. The van der Waals surface area contributed by atoms with Crippen molar-refractivity contribution in [1.29, 1.82) is 0 Å². The first-order valence-electron chi connectivity index (χ1n) is 8.08. The lowest BCUT2D eigenvalue weighted by molar-refractivity contribution is -0.0124. The first-order valence-corrected chi connectivity index (χ1v) is 8.08. The van der Waals surface area contributed by atoms with E-state index in [9.17, 15) is 14.4 Å². The Morgan fingerprint density at radius 2 is 2.08 bits per heavy atom. The molecule has 1 aromatic heterocycles. The number of nitrogens with zero attached hydrogens (tertiary/aromatic N) is 2. The van der Waals surface area contributed by atoms with Crippen molar-refractivity contribution in [2.24, 2.45) is 0 Å². The van der Waals surface area contributed by atoms with Gasteiger partial charge in [-0.05, 0) is 39.0 Å². The van der Waals surface area contributed by atoms with Crippen LogP contribution in [0.2, 0.25) is 0 Å². The average molecular weight is 331 g/mol. The smallest absolute Gasteiger partial charge is 0.329 e. The minimum absolute atomic E-state index is 0.00112. The number of H-pyrrole nitrogens is 1. The number of aromatic amines is 1. The molecule has 1 aromatic carbocycles. The fourth-order valence-corrected chi connectivity index (χ4v) is 3.02. The van der Waals surface area contributed by atoms with E-state index in [2.05, 4.69) is 4.98 Å². The molecule has 128 valence electrons. The minimum Gasteiger partial charge on any atom is -0.375 e. The van der Waals surface area contributed by atoms with Crippen molar-refractivity contribution in [3.05, 3.63) is 44.6 Å². The lowest BCUT2D eigenvalue weighted by Crippen LogP contribution is -2.44. The Hall–Kier alpha value is -2.41. The molecule has 1 fully saturated rings.